The number of aromatic nitrogens is 1. The molecule has 0 bridgehead atoms. The van der Waals surface area contributed by atoms with Gasteiger partial charge < -0.3 is 5.32 Å². The van der Waals surface area contributed by atoms with E-state index in [2.05, 4.69) is 23.3 Å². The lowest BCUT2D eigenvalue weighted by Crippen LogP contribution is -2.30. The summed E-state index contributed by atoms with van der Waals surface area (Å²) < 4.78 is 0. The topological polar surface area (TPSA) is 24.9 Å². The molecule has 0 spiro atoms. The summed E-state index contributed by atoms with van der Waals surface area (Å²) in [5.74, 6) is 0.839. The molecule has 2 rings (SSSR count). The van der Waals surface area contributed by atoms with E-state index < -0.39 is 0 Å². The molecule has 70 valence electrons. The summed E-state index contributed by atoms with van der Waals surface area (Å²) in [6.45, 7) is 3.46. The van der Waals surface area contributed by atoms with Crippen LogP contribution in [0.4, 0.5) is 0 Å². The predicted molar refractivity (Wildman–Crippen MR) is 53.4 cm³/mol. The van der Waals surface area contributed by atoms with Gasteiger partial charge in [-0.15, -0.1) is 0 Å². The molecule has 1 N–H and O–H groups in total. The fraction of sp³-hybridized carbons (Fsp3) is 0.545. The van der Waals surface area contributed by atoms with Crippen molar-refractivity contribution in [3.8, 4) is 0 Å². The van der Waals surface area contributed by atoms with Gasteiger partial charge in [0.25, 0.3) is 0 Å². The lowest BCUT2D eigenvalue weighted by atomic mass is 9.91. The van der Waals surface area contributed by atoms with Crippen LogP contribution in [0.1, 0.15) is 31.4 Å². The lowest BCUT2D eigenvalue weighted by Gasteiger charge is -2.28. The zero-order chi connectivity index (χ0) is 9.10. The van der Waals surface area contributed by atoms with Crippen LogP contribution in [0.2, 0.25) is 0 Å². The molecule has 2 atom stereocenters. The molecule has 2 heteroatoms. The van der Waals surface area contributed by atoms with Gasteiger partial charge in [0.1, 0.15) is 0 Å². The second-order valence-corrected chi connectivity index (χ2v) is 3.92. The van der Waals surface area contributed by atoms with Gasteiger partial charge in [-0.05, 0) is 36.9 Å². The fourth-order valence-corrected chi connectivity index (χ4v) is 1.94. The summed E-state index contributed by atoms with van der Waals surface area (Å²) in [7, 11) is 0. The molecule has 1 aliphatic rings. The highest BCUT2D eigenvalue weighted by Gasteiger charge is 2.19. The van der Waals surface area contributed by atoms with Gasteiger partial charge in [0.15, 0.2) is 0 Å². The molecule has 2 unspecified atom stereocenters. The third-order valence-corrected chi connectivity index (χ3v) is 2.75. The minimum absolute atomic E-state index is 0.525. The molecule has 0 radical (unpaired) electrons. The van der Waals surface area contributed by atoms with Crippen molar-refractivity contribution in [3.05, 3.63) is 30.1 Å². The van der Waals surface area contributed by atoms with Crippen LogP contribution in [0, 0.1) is 5.92 Å². The van der Waals surface area contributed by atoms with E-state index in [9.17, 15) is 0 Å². The van der Waals surface area contributed by atoms with Gasteiger partial charge in [0.05, 0.1) is 0 Å². The zero-order valence-corrected chi connectivity index (χ0v) is 8.03. The minimum atomic E-state index is 0.525. The number of hydrogen-bond acceptors (Lipinski definition) is 2. The molecular formula is C11H16N2. The summed E-state index contributed by atoms with van der Waals surface area (Å²) in [5, 5.41) is 3.53. The third kappa shape index (κ3) is 2.07. The van der Waals surface area contributed by atoms with E-state index in [1.807, 2.05) is 18.5 Å². The summed E-state index contributed by atoms with van der Waals surface area (Å²) in [6.07, 6.45) is 6.34. The monoisotopic (exact) mass is 176 g/mol. The van der Waals surface area contributed by atoms with Gasteiger partial charge >= 0.3 is 0 Å². The Morgan fingerprint density at radius 2 is 2.46 bits per heavy atom. The maximum atomic E-state index is 4.14. The van der Waals surface area contributed by atoms with Crippen molar-refractivity contribution in [2.75, 3.05) is 6.54 Å². The van der Waals surface area contributed by atoms with Gasteiger partial charge in [0.2, 0.25) is 0 Å². The van der Waals surface area contributed by atoms with Crippen LogP contribution in [0.3, 0.4) is 0 Å². The van der Waals surface area contributed by atoms with Crippen LogP contribution in [-0.4, -0.2) is 11.5 Å². The molecule has 2 nitrogen and oxygen atoms in total. The Morgan fingerprint density at radius 1 is 1.54 bits per heavy atom. The Kier molecular flexibility index (Phi) is 2.60. The molecule has 2 heterocycles. The van der Waals surface area contributed by atoms with Crippen molar-refractivity contribution in [2.24, 2.45) is 5.92 Å². The SMILES string of the molecule is CC1CCNC(c2cccnc2)C1. The van der Waals surface area contributed by atoms with Crippen molar-refractivity contribution >= 4 is 0 Å². The second kappa shape index (κ2) is 3.88. The highest BCUT2D eigenvalue weighted by atomic mass is 14.9. The summed E-state index contributed by atoms with van der Waals surface area (Å²) in [4.78, 5) is 4.14. The minimum Gasteiger partial charge on any atom is -0.310 e. The number of piperidine rings is 1. The van der Waals surface area contributed by atoms with Crippen molar-refractivity contribution in [2.45, 2.75) is 25.8 Å². The Hall–Kier alpha value is -0.890. The van der Waals surface area contributed by atoms with Gasteiger partial charge in [-0.2, -0.15) is 0 Å². The first-order chi connectivity index (χ1) is 6.36. The number of nitrogens with one attached hydrogen (secondary N) is 1. The zero-order valence-electron chi connectivity index (χ0n) is 8.03. The highest BCUT2D eigenvalue weighted by molar-refractivity contribution is 5.14. The molecule has 1 aliphatic heterocycles. The Bertz CT molecular complexity index is 258. The van der Waals surface area contributed by atoms with E-state index in [4.69, 9.17) is 0 Å². The number of nitrogens with zero attached hydrogens (tertiary/aromatic N) is 1. The van der Waals surface area contributed by atoms with Gasteiger partial charge in [-0.1, -0.05) is 13.0 Å². The molecule has 1 saturated heterocycles. The first-order valence-corrected chi connectivity index (χ1v) is 4.99. The van der Waals surface area contributed by atoms with Crippen molar-refractivity contribution in [1.29, 1.82) is 0 Å². The van der Waals surface area contributed by atoms with E-state index in [0.717, 1.165) is 12.5 Å². The molecule has 0 saturated carbocycles. The van der Waals surface area contributed by atoms with Crippen LogP contribution in [0.25, 0.3) is 0 Å². The van der Waals surface area contributed by atoms with E-state index in [0.29, 0.717) is 6.04 Å². The number of rotatable bonds is 1. The first-order valence-electron chi connectivity index (χ1n) is 4.99. The predicted octanol–water partition coefficient (Wildman–Crippen LogP) is 2.14. The average molecular weight is 176 g/mol. The Labute approximate surface area is 79.4 Å². The molecular weight excluding hydrogens is 160 g/mol. The van der Waals surface area contributed by atoms with E-state index >= 15 is 0 Å². The van der Waals surface area contributed by atoms with Gasteiger partial charge in [-0.25, -0.2) is 0 Å². The second-order valence-electron chi connectivity index (χ2n) is 3.92. The molecule has 0 aromatic carbocycles. The Balaban J connectivity index is 2.08. The summed E-state index contributed by atoms with van der Waals surface area (Å²) in [6, 6.07) is 4.69. The lowest BCUT2D eigenvalue weighted by molar-refractivity contribution is 0.325. The van der Waals surface area contributed by atoms with Crippen LogP contribution in [-0.2, 0) is 0 Å². The van der Waals surface area contributed by atoms with E-state index in [1.54, 1.807) is 0 Å². The summed E-state index contributed by atoms with van der Waals surface area (Å²) in [5.41, 5.74) is 1.33. The normalized spacial score (nSPS) is 28.7. The largest absolute Gasteiger partial charge is 0.310 e. The standard InChI is InChI=1S/C11H16N2/c1-9-4-6-13-11(7-9)10-3-2-5-12-8-10/h2-3,5,8-9,11,13H,4,6-7H2,1H3. The average Bonchev–Trinajstić information content (AvgIpc) is 2.19. The van der Waals surface area contributed by atoms with Gasteiger partial charge in [0, 0.05) is 18.4 Å². The molecule has 13 heavy (non-hydrogen) atoms. The molecule has 1 aromatic rings. The molecule has 1 fully saturated rings. The van der Waals surface area contributed by atoms with Crippen LogP contribution >= 0.6 is 0 Å². The molecule has 0 aliphatic carbocycles. The maximum absolute atomic E-state index is 4.14. The van der Waals surface area contributed by atoms with Crippen molar-refractivity contribution < 1.29 is 0 Å². The van der Waals surface area contributed by atoms with Crippen molar-refractivity contribution in [3.63, 3.8) is 0 Å². The van der Waals surface area contributed by atoms with Crippen molar-refractivity contribution in [1.82, 2.24) is 10.3 Å². The number of hydrogen-bond donors (Lipinski definition) is 1. The summed E-state index contributed by atoms with van der Waals surface area (Å²) >= 11 is 0. The number of pyridine rings is 1. The quantitative estimate of drug-likeness (QED) is 0.709. The Morgan fingerprint density at radius 3 is 3.15 bits per heavy atom. The fourth-order valence-electron chi connectivity index (χ4n) is 1.94. The highest BCUT2D eigenvalue weighted by Crippen LogP contribution is 2.25. The van der Waals surface area contributed by atoms with Crippen LogP contribution in [0.5, 0.6) is 0 Å². The molecule has 1 aromatic heterocycles. The smallest absolute Gasteiger partial charge is 0.0338 e. The molecule has 0 amide bonds. The van der Waals surface area contributed by atoms with E-state index in [1.165, 1.54) is 18.4 Å². The van der Waals surface area contributed by atoms with E-state index in [-0.39, 0.29) is 0 Å². The maximum Gasteiger partial charge on any atom is 0.0338 e. The van der Waals surface area contributed by atoms with Crippen LogP contribution < -0.4 is 5.32 Å². The van der Waals surface area contributed by atoms with Gasteiger partial charge in [-0.3, -0.25) is 4.98 Å². The third-order valence-electron chi connectivity index (χ3n) is 2.75. The van der Waals surface area contributed by atoms with Crippen LogP contribution in [0.15, 0.2) is 24.5 Å². The first kappa shape index (κ1) is 8.70.